The maximum atomic E-state index is 12.1. The lowest BCUT2D eigenvalue weighted by Gasteiger charge is -2.16. The van der Waals surface area contributed by atoms with Crippen molar-refractivity contribution in [3.05, 3.63) is 59.2 Å². The molecule has 0 aliphatic rings. The first-order valence-corrected chi connectivity index (χ1v) is 11.3. The molecule has 3 aromatic rings. The zero-order valence-corrected chi connectivity index (χ0v) is 16.5. The third-order valence-electron chi connectivity index (χ3n) is 4.06. The van der Waals surface area contributed by atoms with Crippen LogP contribution < -0.4 is 5.14 Å². The molecule has 2 N–H and O–H groups in total. The van der Waals surface area contributed by atoms with Gasteiger partial charge in [-0.1, -0.05) is 42.1 Å². The maximum absolute atomic E-state index is 12.1. The Kier molecular flexibility index (Phi) is 5.48. The molecule has 0 saturated carbocycles. The molecule has 0 radical (unpaired) electrons. The highest BCUT2D eigenvalue weighted by molar-refractivity contribution is 8.01. The van der Waals surface area contributed by atoms with Crippen LogP contribution in [0.25, 0.3) is 10.2 Å². The molecule has 4 nitrogen and oxygen atoms in total. The quantitative estimate of drug-likeness (QED) is 0.630. The van der Waals surface area contributed by atoms with E-state index < -0.39 is 15.3 Å². The molecule has 2 aromatic carbocycles. The molecule has 0 spiro atoms. The van der Waals surface area contributed by atoms with Crippen LogP contribution in [0.4, 0.5) is 0 Å². The fourth-order valence-electron chi connectivity index (χ4n) is 2.78. The second-order valence-corrected chi connectivity index (χ2v) is 10.1. The molecule has 1 heterocycles. The fraction of sp³-hybridized carbons (Fsp3) is 0.278. The molecule has 0 aliphatic carbocycles. The number of sulfonamides is 1. The normalized spacial score (nSPS) is 13.2. The van der Waals surface area contributed by atoms with Crippen LogP contribution in [0.1, 0.15) is 28.4 Å². The lowest BCUT2D eigenvalue weighted by molar-refractivity contribution is 0.581. The van der Waals surface area contributed by atoms with Gasteiger partial charge in [-0.05, 0) is 49.1 Å². The average Bonchev–Trinajstić information content (AvgIpc) is 2.93. The molecule has 0 saturated heterocycles. The average molecular weight is 393 g/mol. The summed E-state index contributed by atoms with van der Waals surface area (Å²) in [5.41, 5.74) is 3.91. The number of fused-ring (bicyclic) bond motifs is 1. The number of hydrogen-bond donors (Lipinski definition) is 1. The van der Waals surface area contributed by atoms with Crippen molar-refractivity contribution in [2.24, 2.45) is 5.14 Å². The molecular formula is C18H20N2O2S3. The second-order valence-electron chi connectivity index (χ2n) is 6.02. The first-order valence-electron chi connectivity index (χ1n) is 7.92. The Morgan fingerprint density at radius 3 is 2.68 bits per heavy atom. The van der Waals surface area contributed by atoms with Crippen molar-refractivity contribution < 1.29 is 8.42 Å². The third kappa shape index (κ3) is 4.41. The summed E-state index contributed by atoms with van der Waals surface area (Å²) in [5.74, 6) is 0.647. The van der Waals surface area contributed by atoms with Crippen LogP contribution in [0.15, 0.2) is 46.8 Å². The van der Waals surface area contributed by atoms with Gasteiger partial charge in [0.2, 0.25) is 10.0 Å². The van der Waals surface area contributed by atoms with Crippen LogP contribution in [0.2, 0.25) is 0 Å². The van der Waals surface area contributed by atoms with Crippen LogP contribution in [0.3, 0.4) is 0 Å². The highest BCUT2D eigenvalue weighted by Gasteiger charge is 2.24. The monoisotopic (exact) mass is 392 g/mol. The van der Waals surface area contributed by atoms with Gasteiger partial charge < -0.3 is 0 Å². The smallest absolute Gasteiger partial charge is 0.216 e. The van der Waals surface area contributed by atoms with Crippen molar-refractivity contribution in [2.45, 2.75) is 29.9 Å². The molecule has 7 heteroatoms. The molecule has 0 amide bonds. The summed E-state index contributed by atoms with van der Waals surface area (Å²) in [6.45, 7) is 3.96. The number of primary sulfonamides is 1. The van der Waals surface area contributed by atoms with E-state index in [9.17, 15) is 8.42 Å². The van der Waals surface area contributed by atoms with Crippen molar-refractivity contribution in [1.82, 2.24) is 4.98 Å². The number of nitrogens with two attached hydrogens (primary N) is 1. The van der Waals surface area contributed by atoms with E-state index in [0.29, 0.717) is 12.2 Å². The number of thioether (sulfide) groups is 1. The molecular weight excluding hydrogens is 372 g/mol. The third-order valence-corrected chi connectivity index (χ3v) is 7.56. The predicted molar refractivity (Wildman–Crippen MR) is 107 cm³/mol. The summed E-state index contributed by atoms with van der Waals surface area (Å²) in [7, 11) is -3.66. The van der Waals surface area contributed by atoms with Crippen molar-refractivity contribution in [1.29, 1.82) is 0 Å². The van der Waals surface area contributed by atoms with E-state index in [4.69, 9.17) is 5.14 Å². The standard InChI is InChI=1S/C18H20N2O2S3/c1-12-7-8-16-15(11-12)20-18(24-16)23-10-9-17(25(19,21)22)14-6-4-3-5-13(14)2/h3-8,11,17H,9-10H2,1-2H3,(H2,19,21,22). The molecule has 1 aromatic heterocycles. The van der Waals surface area contributed by atoms with Crippen LogP contribution in [-0.2, 0) is 10.0 Å². The number of thiazole rings is 1. The van der Waals surface area contributed by atoms with Crippen molar-refractivity contribution in [3.63, 3.8) is 0 Å². The van der Waals surface area contributed by atoms with Crippen molar-refractivity contribution in [2.75, 3.05) is 5.75 Å². The Balaban J connectivity index is 1.74. The lowest BCUT2D eigenvalue weighted by Crippen LogP contribution is -2.23. The minimum Gasteiger partial charge on any atom is -0.230 e. The highest BCUT2D eigenvalue weighted by Crippen LogP contribution is 2.33. The molecule has 0 fully saturated rings. The molecule has 132 valence electrons. The Hall–Kier alpha value is -1.41. The number of nitrogens with zero attached hydrogens (tertiary/aromatic N) is 1. The molecule has 0 bridgehead atoms. The van der Waals surface area contributed by atoms with Crippen molar-refractivity contribution in [3.8, 4) is 0 Å². The first kappa shape index (κ1) is 18.4. The summed E-state index contributed by atoms with van der Waals surface area (Å²) in [4.78, 5) is 4.62. The second kappa shape index (κ2) is 7.45. The largest absolute Gasteiger partial charge is 0.230 e. The zero-order chi connectivity index (χ0) is 18.0. The van der Waals surface area contributed by atoms with Gasteiger partial charge in [0.25, 0.3) is 0 Å². The Labute approximate surface area is 156 Å². The zero-order valence-electron chi connectivity index (χ0n) is 14.1. The maximum Gasteiger partial charge on any atom is 0.216 e. The molecule has 25 heavy (non-hydrogen) atoms. The summed E-state index contributed by atoms with van der Waals surface area (Å²) in [6, 6.07) is 13.7. The minimum atomic E-state index is -3.66. The van der Waals surface area contributed by atoms with E-state index in [0.717, 1.165) is 25.7 Å². The summed E-state index contributed by atoms with van der Waals surface area (Å²) in [6.07, 6.45) is 0.462. The predicted octanol–water partition coefficient (Wildman–Crippen LogP) is 4.43. The number of rotatable bonds is 6. The van der Waals surface area contributed by atoms with E-state index in [1.165, 1.54) is 5.56 Å². The summed E-state index contributed by atoms with van der Waals surface area (Å²) >= 11 is 3.22. The van der Waals surface area contributed by atoms with Gasteiger partial charge in [0.1, 0.15) is 5.25 Å². The van der Waals surface area contributed by atoms with Gasteiger partial charge in [0, 0.05) is 5.75 Å². The summed E-state index contributed by atoms with van der Waals surface area (Å²) in [5, 5.41) is 4.81. The van der Waals surface area contributed by atoms with Gasteiger partial charge in [0.05, 0.1) is 10.2 Å². The van der Waals surface area contributed by atoms with Crippen molar-refractivity contribution >= 4 is 43.3 Å². The highest BCUT2D eigenvalue weighted by atomic mass is 32.2. The van der Waals surface area contributed by atoms with E-state index in [-0.39, 0.29) is 0 Å². The van der Waals surface area contributed by atoms with E-state index in [2.05, 4.69) is 23.2 Å². The van der Waals surface area contributed by atoms with E-state index in [1.807, 2.05) is 38.1 Å². The Morgan fingerprint density at radius 1 is 1.20 bits per heavy atom. The molecule has 0 aliphatic heterocycles. The van der Waals surface area contributed by atoms with Crippen LogP contribution in [0, 0.1) is 13.8 Å². The van der Waals surface area contributed by atoms with E-state index in [1.54, 1.807) is 23.1 Å². The van der Waals surface area contributed by atoms with Gasteiger partial charge >= 0.3 is 0 Å². The van der Waals surface area contributed by atoms with Gasteiger partial charge in [0.15, 0.2) is 4.34 Å². The van der Waals surface area contributed by atoms with Crippen LogP contribution in [0.5, 0.6) is 0 Å². The number of aromatic nitrogens is 1. The van der Waals surface area contributed by atoms with Gasteiger partial charge in [-0.3, -0.25) is 0 Å². The van der Waals surface area contributed by atoms with Crippen LogP contribution in [-0.4, -0.2) is 19.2 Å². The Bertz CT molecular complexity index is 996. The van der Waals surface area contributed by atoms with Gasteiger partial charge in [-0.15, -0.1) is 11.3 Å². The molecule has 1 unspecified atom stereocenters. The summed E-state index contributed by atoms with van der Waals surface area (Å²) < 4.78 is 26.2. The number of aryl methyl sites for hydroxylation is 2. The fourth-order valence-corrected chi connectivity index (χ4v) is 6.11. The topological polar surface area (TPSA) is 73.1 Å². The minimum absolute atomic E-state index is 0.462. The van der Waals surface area contributed by atoms with E-state index >= 15 is 0 Å². The molecule has 3 rings (SSSR count). The van der Waals surface area contributed by atoms with Gasteiger partial charge in [-0.25, -0.2) is 18.5 Å². The number of benzene rings is 2. The van der Waals surface area contributed by atoms with Crippen LogP contribution >= 0.6 is 23.1 Å². The first-order chi connectivity index (χ1) is 11.8. The Morgan fingerprint density at radius 2 is 1.96 bits per heavy atom. The SMILES string of the molecule is Cc1ccc2sc(SCCC(c3ccccc3C)S(N)(=O)=O)nc2c1. The molecule has 1 atom stereocenters. The number of hydrogen-bond acceptors (Lipinski definition) is 5. The lowest BCUT2D eigenvalue weighted by atomic mass is 10.0. The van der Waals surface area contributed by atoms with Gasteiger partial charge in [-0.2, -0.15) is 0 Å².